The molecule has 4 rings (SSSR count). The van der Waals surface area contributed by atoms with Crippen molar-refractivity contribution in [2.24, 2.45) is 46.3 Å². The molecule has 9 atom stereocenters. The number of carbonyl (C=O) groups excluding carboxylic acids is 1. The fourth-order valence-corrected chi connectivity index (χ4v) is 11.7. The summed E-state index contributed by atoms with van der Waals surface area (Å²) >= 11 is 0. The summed E-state index contributed by atoms with van der Waals surface area (Å²) in [4.78, 5) is 12.6. The molecule has 0 saturated heterocycles. The molecule has 262 valence electrons. The number of rotatable bonds is 21. The van der Waals surface area contributed by atoms with Crippen LogP contribution in [0.5, 0.6) is 0 Å². The molecule has 1 N–H and O–H groups in total. The smallest absolute Gasteiger partial charge is 0.305 e. The Morgan fingerprint density at radius 2 is 1.27 bits per heavy atom. The Morgan fingerprint density at radius 3 is 1.89 bits per heavy atom. The minimum atomic E-state index is -0.0502. The van der Waals surface area contributed by atoms with Crippen LogP contribution in [-0.4, -0.2) is 23.8 Å². The van der Waals surface area contributed by atoms with Crippen LogP contribution >= 0.6 is 0 Å². The number of esters is 1. The maximum absolute atomic E-state index is 12.6. The van der Waals surface area contributed by atoms with E-state index in [0.29, 0.717) is 29.8 Å². The van der Waals surface area contributed by atoms with Gasteiger partial charge in [-0.2, -0.15) is 0 Å². The van der Waals surface area contributed by atoms with Gasteiger partial charge in [0.25, 0.3) is 0 Å². The molecule has 3 heteroatoms. The predicted octanol–water partition coefficient (Wildman–Crippen LogP) is 12.2. The maximum Gasteiger partial charge on any atom is 0.305 e. The van der Waals surface area contributed by atoms with Crippen molar-refractivity contribution in [1.82, 2.24) is 0 Å². The van der Waals surface area contributed by atoms with Gasteiger partial charge in [0.05, 0.1) is 12.7 Å². The molecule has 4 aliphatic carbocycles. The molecule has 0 aromatic carbocycles. The molecule has 0 aromatic rings. The molecule has 0 spiro atoms. The standard InChI is InChI=1S/C42H76O3/c1-5-6-7-8-9-10-11-12-13-14-15-16-17-18-19-20-31-45-40(44)26-21-33(2)37-24-25-38-36-23-22-34-32-35(43)27-29-41(34,3)39(36)28-30-42(37,38)4/h33-39,43H,5-32H2,1-4H3/t33-,34?,35-,36+,37-,38+,39+,41+,42-/m1/s1. The van der Waals surface area contributed by atoms with E-state index in [1.807, 2.05) is 0 Å². The van der Waals surface area contributed by atoms with Gasteiger partial charge in [0.1, 0.15) is 0 Å². The average Bonchev–Trinajstić information content (AvgIpc) is 3.39. The molecule has 0 aromatic heterocycles. The van der Waals surface area contributed by atoms with Crippen molar-refractivity contribution in [3.63, 3.8) is 0 Å². The van der Waals surface area contributed by atoms with Crippen LogP contribution in [0.25, 0.3) is 0 Å². The third-order valence-corrected chi connectivity index (χ3v) is 14.5. The predicted molar refractivity (Wildman–Crippen MR) is 190 cm³/mol. The van der Waals surface area contributed by atoms with Crippen LogP contribution in [0, 0.1) is 46.3 Å². The maximum atomic E-state index is 12.6. The van der Waals surface area contributed by atoms with E-state index in [9.17, 15) is 9.90 Å². The number of carbonyl (C=O) groups is 1. The summed E-state index contributed by atoms with van der Waals surface area (Å²) in [6, 6.07) is 0. The number of hydrogen-bond donors (Lipinski definition) is 1. The van der Waals surface area contributed by atoms with Crippen molar-refractivity contribution in [2.75, 3.05) is 6.61 Å². The van der Waals surface area contributed by atoms with Gasteiger partial charge < -0.3 is 9.84 Å². The van der Waals surface area contributed by atoms with Crippen LogP contribution in [0.15, 0.2) is 0 Å². The van der Waals surface area contributed by atoms with E-state index >= 15 is 0 Å². The molecule has 4 saturated carbocycles. The van der Waals surface area contributed by atoms with Gasteiger partial charge >= 0.3 is 5.97 Å². The molecular formula is C42H76O3. The van der Waals surface area contributed by atoms with E-state index in [2.05, 4.69) is 27.7 Å². The number of unbranched alkanes of at least 4 members (excludes halogenated alkanes) is 15. The third-order valence-electron chi connectivity index (χ3n) is 14.5. The summed E-state index contributed by atoms with van der Waals surface area (Å²) in [7, 11) is 0. The second-order valence-corrected chi connectivity index (χ2v) is 17.4. The zero-order valence-corrected chi connectivity index (χ0v) is 30.6. The number of aliphatic hydroxyl groups excluding tert-OH is 1. The number of ether oxygens (including phenoxy) is 1. The van der Waals surface area contributed by atoms with E-state index in [4.69, 9.17) is 4.74 Å². The fourth-order valence-electron chi connectivity index (χ4n) is 11.7. The Labute approximate surface area is 280 Å². The van der Waals surface area contributed by atoms with Crippen molar-refractivity contribution in [1.29, 1.82) is 0 Å². The van der Waals surface area contributed by atoms with Gasteiger partial charge in [0.15, 0.2) is 0 Å². The SMILES string of the molecule is CCCCCCCCCCCCCCCCCCOC(=O)CC[C@@H](C)[C@H]1CC[C@H]2[C@@H]3CCC4C[C@H](O)CC[C@]4(C)[C@H]3CC[C@]12C. The molecule has 0 aliphatic heterocycles. The highest BCUT2D eigenvalue weighted by atomic mass is 16.5. The van der Waals surface area contributed by atoms with E-state index in [-0.39, 0.29) is 12.1 Å². The fraction of sp³-hybridized carbons (Fsp3) is 0.976. The van der Waals surface area contributed by atoms with Gasteiger partial charge in [0, 0.05) is 6.42 Å². The first-order valence-corrected chi connectivity index (χ1v) is 20.6. The lowest BCUT2D eigenvalue weighted by molar-refractivity contribution is -0.144. The Bertz CT molecular complexity index is 840. The number of fused-ring (bicyclic) bond motifs is 5. The van der Waals surface area contributed by atoms with Gasteiger partial charge in [-0.1, -0.05) is 124 Å². The van der Waals surface area contributed by atoms with Crippen LogP contribution in [0.2, 0.25) is 0 Å². The molecule has 45 heavy (non-hydrogen) atoms. The summed E-state index contributed by atoms with van der Waals surface area (Å²) in [6.07, 6.45) is 35.0. The lowest BCUT2D eigenvalue weighted by Gasteiger charge is -2.61. The highest BCUT2D eigenvalue weighted by molar-refractivity contribution is 5.69. The van der Waals surface area contributed by atoms with Gasteiger partial charge in [-0.3, -0.25) is 4.79 Å². The van der Waals surface area contributed by atoms with Crippen LogP contribution in [-0.2, 0) is 9.53 Å². The highest BCUT2D eigenvalue weighted by Crippen LogP contribution is 2.68. The molecule has 4 fully saturated rings. The topological polar surface area (TPSA) is 46.5 Å². The summed E-state index contributed by atoms with van der Waals surface area (Å²) < 4.78 is 5.69. The average molecular weight is 629 g/mol. The van der Waals surface area contributed by atoms with Gasteiger partial charge in [0.2, 0.25) is 0 Å². The van der Waals surface area contributed by atoms with E-state index in [0.717, 1.165) is 55.3 Å². The van der Waals surface area contributed by atoms with Crippen LogP contribution in [0.3, 0.4) is 0 Å². The quantitative estimate of drug-likeness (QED) is 0.102. The second kappa shape index (κ2) is 18.8. The lowest BCUT2D eigenvalue weighted by Crippen LogP contribution is -2.54. The van der Waals surface area contributed by atoms with E-state index < -0.39 is 0 Å². The number of hydrogen-bond acceptors (Lipinski definition) is 3. The van der Waals surface area contributed by atoms with Crippen LogP contribution < -0.4 is 0 Å². The van der Waals surface area contributed by atoms with E-state index in [1.165, 1.54) is 141 Å². The number of aliphatic hydroxyl groups is 1. The largest absolute Gasteiger partial charge is 0.466 e. The van der Waals surface area contributed by atoms with E-state index in [1.54, 1.807) is 0 Å². The van der Waals surface area contributed by atoms with Crippen molar-refractivity contribution in [3.05, 3.63) is 0 Å². The minimum Gasteiger partial charge on any atom is -0.466 e. The van der Waals surface area contributed by atoms with Gasteiger partial charge in [-0.05, 0) is 117 Å². The minimum absolute atomic E-state index is 0.0388. The van der Waals surface area contributed by atoms with Crippen molar-refractivity contribution >= 4 is 5.97 Å². The lowest BCUT2D eigenvalue weighted by atomic mass is 9.44. The summed E-state index contributed by atoms with van der Waals surface area (Å²) in [5.41, 5.74) is 0.915. The zero-order chi connectivity index (χ0) is 32.1. The third kappa shape index (κ3) is 10.2. The molecule has 0 heterocycles. The van der Waals surface area contributed by atoms with Crippen LogP contribution in [0.4, 0.5) is 0 Å². The Hall–Kier alpha value is -0.570. The molecule has 1 unspecified atom stereocenters. The van der Waals surface area contributed by atoms with Gasteiger partial charge in [-0.25, -0.2) is 0 Å². The van der Waals surface area contributed by atoms with Crippen molar-refractivity contribution < 1.29 is 14.6 Å². The van der Waals surface area contributed by atoms with Crippen LogP contribution in [0.1, 0.15) is 201 Å². The van der Waals surface area contributed by atoms with Crippen molar-refractivity contribution in [3.8, 4) is 0 Å². The molecule has 0 bridgehead atoms. The molecular weight excluding hydrogens is 552 g/mol. The first-order chi connectivity index (χ1) is 21.8. The van der Waals surface area contributed by atoms with Crippen molar-refractivity contribution in [2.45, 2.75) is 207 Å². The molecule has 0 amide bonds. The summed E-state index contributed by atoms with van der Waals surface area (Å²) in [6.45, 7) is 10.6. The van der Waals surface area contributed by atoms with Gasteiger partial charge in [-0.15, -0.1) is 0 Å². The monoisotopic (exact) mass is 629 g/mol. The Balaban J connectivity index is 1.02. The first-order valence-electron chi connectivity index (χ1n) is 20.6. The zero-order valence-electron chi connectivity index (χ0n) is 30.6. The highest BCUT2D eigenvalue weighted by Gasteiger charge is 2.60. The molecule has 0 radical (unpaired) electrons. The first kappa shape index (κ1) is 37.3. The normalized spacial score (nSPS) is 35.0. The molecule has 3 nitrogen and oxygen atoms in total. The second-order valence-electron chi connectivity index (χ2n) is 17.4. The summed E-state index contributed by atoms with van der Waals surface area (Å²) in [5, 5.41) is 10.4. The Kier molecular flexibility index (Phi) is 15.6. The molecule has 4 aliphatic rings. The summed E-state index contributed by atoms with van der Waals surface area (Å²) in [5.74, 6) is 4.78. The Morgan fingerprint density at radius 1 is 0.711 bits per heavy atom.